The fourth-order valence-electron chi connectivity index (χ4n) is 2.22. The van der Waals surface area contributed by atoms with Gasteiger partial charge in [-0.1, -0.05) is 18.5 Å². The van der Waals surface area contributed by atoms with Crippen LogP contribution < -0.4 is 10.6 Å². The molecule has 1 aliphatic heterocycles. The van der Waals surface area contributed by atoms with Crippen molar-refractivity contribution in [3.63, 3.8) is 0 Å². The molecule has 0 aliphatic carbocycles. The molecular weight excluding hydrogens is 230 g/mol. The molecule has 0 saturated carbocycles. The van der Waals surface area contributed by atoms with Gasteiger partial charge in [-0.3, -0.25) is 0 Å². The van der Waals surface area contributed by atoms with Crippen LogP contribution in [-0.2, 0) is 0 Å². The summed E-state index contributed by atoms with van der Waals surface area (Å²) in [5.41, 5.74) is 6.87. The predicted octanol–water partition coefficient (Wildman–Crippen LogP) is 1.12. The normalized spacial score (nSPS) is 20.4. The summed E-state index contributed by atoms with van der Waals surface area (Å²) in [4.78, 5) is 10.9. The number of hydrogen-bond donors (Lipinski definition) is 2. The lowest BCUT2D eigenvalue weighted by atomic mass is 10.1. The third-order valence-electron chi connectivity index (χ3n) is 3.36. The zero-order chi connectivity index (χ0) is 13.1. The van der Waals surface area contributed by atoms with Gasteiger partial charge in [-0.15, -0.1) is 0 Å². The Balaban J connectivity index is 2.26. The molecule has 3 N–H and O–H groups in total. The molecule has 0 radical (unpaired) electrons. The Morgan fingerprint density at radius 2 is 2.39 bits per heavy atom. The minimum Gasteiger partial charge on any atom is -0.409 e. The summed E-state index contributed by atoms with van der Waals surface area (Å²) in [5, 5.41) is 11.7. The van der Waals surface area contributed by atoms with E-state index in [0.29, 0.717) is 17.6 Å². The van der Waals surface area contributed by atoms with Gasteiger partial charge < -0.3 is 15.8 Å². The summed E-state index contributed by atoms with van der Waals surface area (Å²) in [5.74, 6) is 1.40. The van der Waals surface area contributed by atoms with Crippen molar-refractivity contribution in [2.45, 2.75) is 26.7 Å². The fourth-order valence-corrected chi connectivity index (χ4v) is 2.22. The van der Waals surface area contributed by atoms with Gasteiger partial charge in [-0.25, -0.2) is 9.97 Å². The summed E-state index contributed by atoms with van der Waals surface area (Å²) in [7, 11) is 0. The van der Waals surface area contributed by atoms with Crippen molar-refractivity contribution in [1.82, 2.24) is 9.97 Å². The van der Waals surface area contributed by atoms with Crippen molar-refractivity contribution in [1.29, 1.82) is 0 Å². The van der Waals surface area contributed by atoms with E-state index in [1.807, 2.05) is 6.92 Å². The first-order valence-electron chi connectivity index (χ1n) is 6.22. The fraction of sp³-hybridized carbons (Fsp3) is 0.583. The topological polar surface area (TPSA) is 87.6 Å². The molecule has 1 atom stereocenters. The summed E-state index contributed by atoms with van der Waals surface area (Å²) in [6.45, 7) is 6.03. The molecule has 1 unspecified atom stereocenters. The van der Waals surface area contributed by atoms with Crippen molar-refractivity contribution in [2.75, 3.05) is 18.0 Å². The van der Waals surface area contributed by atoms with Crippen molar-refractivity contribution in [3.8, 4) is 0 Å². The van der Waals surface area contributed by atoms with Crippen molar-refractivity contribution >= 4 is 11.8 Å². The average molecular weight is 249 g/mol. The standard InChI is InChI=1S/C12H19N5O/c1-3-9-4-5-17(7-9)12-14-8(2)6-10(15-12)11(13)16-18/h6,9,18H,3-5,7H2,1-2H3,(H2,13,16). The van der Waals surface area contributed by atoms with Gasteiger partial charge in [0.05, 0.1) is 0 Å². The molecule has 1 saturated heterocycles. The van der Waals surface area contributed by atoms with E-state index in [4.69, 9.17) is 10.9 Å². The molecule has 98 valence electrons. The highest BCUT2D eigenvalue weighted by atomic mass is 16.4. The smallest absolute Gasteiger partial charge is 0.226 e. The van der Waals surface area contributed by atoms with Crippen LogP contribution in [0.15, 0.2) is 11.2 Å². The molecule has 0 bridgehead atoms. The van der Waals surface area contributed by atoms with Crippen LogP contribution in [0.5, 0.6) is 0 Å². The van der Waals surface area contributed by atoms with Crippen LogP contribution in [0.3, 0.4) is 0 Å². The summed E-state index contributed by atoms with van der Waals surface area (Å²) >= 11 is 0. The number of amidine groups is 1. The lowest BCUT2D eigenvalue weighted by Gasteiger charge is -2.17. The molecule has 6 nitrogen and oxygen atoms in total. The number of nitrogens with two attached hydrogens (primary N) is 1. The van der Waals surface area contributed by atoms with Gasteiger partial charge >= 0.3 is 0 Å². The van der Waals surface area contributed by atoms with Gasteiger partial charge in [-0.2, -0.15) is 0 Å². The second-order valence-electron chi connectivity index (χ2n) is 4.69. The van der Waals surface area contributed by atoms with Crippen LogP contribution in [0, 0.1) is 12.8 Å². The van der Waals surface area contributed by atoms with Crippen LogP contribution in [0.4, 0.5) is 5.95 Å². The number of anilines is 1. The van der Waals surface area contributed by atoms with E-state index in [1.54, 1.807) is 6.07 Å². The van der Waals surface area contributed by atoms with Gasteiger partial charge in [-0.05, 0) is 25.3 Å². The summed E-state index contributed by atoms with van der Waals surface area (Å²) in [6.07, 6.45) is 2.35. The first kappa shape index (κ1) is 12.6. The predicted molar refractivity (Wildman–Crippen MR) is 69.9 cm³/mol. The Kier molecular flexibility index (Phi) is 3.64. The molecule has 1 aliphatic rings. The molecule has 1 aromatic heterocycles. The molecule has 1 aromatic rings. The minimum atomic E-state index is 0.0213. The van der Waals surface area contributed by atoms with Gasteiger partial charge in [0, 0.05) is 18.8 Å². The molecule has 0 amide bonds. The Bertz CT molecular complexity index is 460. The molecule has 0 spiro atoms. The molecule has 0 aromatic carbocycles. The van der Waals surface area contributed by atoms with E-state index in [0.717, 1.165) is 18.8 Å². The maximum absolute atomic E-state index is 8.70. The molecule has 1 fully saturated rings. The third-order valence-corrected chi connectivity index (χ3v) is 3.36. The highest BCUT2D eigenvalue weighted by Gasteiger charge is 2.23. The van der Waals surface area contributed by atoms with Gasteiger partial charge in [0.1, 0.15) is 5.69 Å². The number of hydrogen-bond acceptors (Lipinski definition) is 5. The maximum Gasteiger partial charge on any atom is 0.226 e. The first-order chi connectivity index (χ1) is 8.63. The minimum absolute atomic E-state index is 0.0213. The second kappa shape index (κ2) is 5.20. The van der Waals surface area contributed by atoms with Crippen LogP contribution in [0.1, 0.15) is 31.2 Å². The van der Waals surface area contributed by atoms with Crippen molar-refractivity contribution in [2.24, 2.45) is 16.8 Å². The first-order valence-corrected chi connectivity index (χ1v) is 6.22. The van der Waals surface area contributed by atoms with E-state index in [2.05, 4.69) is 26.9 Å². The molecule has 18 heavy (non-hydrogen) atoms. The number of aromatic nitrogens is 2. The number of aryl methyl sites for hydroxylation is 1. The van der Waals surface area contributed by atoms with E-state index in [9.17, 15) is 0 Å². The van der Waals surface area contributed by atoms with Crippen LogP contribution in [-0.4, -0.2) is 34.1 Å². The van der Waals surface area contributed by atoms with Gasteiger partial charge in [0.2, 0.25) is 5.95 Å². The number of rotatable bonds is 3. The highest BCUT2D eigenvalue weighted by molar-refractivity contribution is 5.95. The van der Waals surface area contributed by atoms with E-state index < -0.39 is 0 Å². The molecule has 6 heteroatoms. The summed E-state index contributed by atoms with van der Waals surface area (Å²) in [6, 6.07) is 1.71. The van der Waals surface area contributed by atoms with Crippen LogP contribution in [0.25, 0.3) is 0 Å². The average Bonchev–Trinajstić information content (AvgIpc) is 2.85. The number of nitrogens with zero attached hydrogens (tertiary/aromatic N) is 4. The lowest BCUT2D eigenvalue weighted by Crippen LogP contribution is -2.24. The lowest BCUT2D eigenvalue weighted by molar-refractivity contribution is 0.318. The molecular formula is C12H19N5O. The zero-order valence-electron chi connectivity index (χ0n) is 10.8. The SMILES string of the molecule is CCC1CCN(c2nc(C)cc(/C(N)=N/O)n2)C1. The quantitative estimate of drug-likeness (QED) is 0.363. The van der Waals surface area contributed by atoms with E-state index >= 15 is 0 Å². The molecule has 2 rings (SSSR count). The second-order valence-corrected chi connectivity index (χ2v) is 4.69. The Morgan fingerprint density at radius 1 is 1.61 bits per heavy atom. The third kappa shape index (κ3) is 2.52. The monoisotopic (exact) mass is 249 g/mol. The van der Waals surface area contributed by atoms with E-state index in [1.165, 1.54) is 12.8 Å². The largest absolute Gasteiger partial charge is 0.409 e. The summed E-state index contributed by atoms with van der Waals surface area (Å²) < 4.78 is 0. The van der Waals surface area contributed by atoms with Crippen LogP contribution in [0.2, 0.25) is 0 Å². The zero-order valence-corrected chi connectivity index (χ0v) is 10.8. The van der Waals surface area contributed by atoms with E-state index in [-0.39, 0.29) is 5.84 Å². The van der Waals surface area contributed by atoms with Gasteiger partial charge in [0.25, 0.3) is 0 Å². The number of oxime groups is 1. The maximum atomic E-state index is 8.70. The Hall–Kier alpha value is -1.85. The van der Waals surface area contributed by atoms with Crippen molar-refractivity contribution in [3.05, 3.63) is 17.5 Å². The highest BCUT2D eigenvalue weighted by Crippen LogP contribution is 2.23. The van der Waals surface area contributed by atoms with Crippen LogP contribution >= 0.6 is 0 Å². The van der Waals surface area contributed by atoms with Crippen molar-refractivity contribution < 1.29 is 5.21 Å². The Morgan fingerprint density at radius 3 is 3.00 bits per heavy atom. The molecule has 2 heterocycles. The Labute approximate surface area is 107 Å². The van der Waals surface area contributed by atoms with Gasteiger partial charge in [0.15, 0.2) is 5.84 Å².